The van der Waals surface area contributed by atoms with Crippen molar-refractivity contribution in [1.29, 1.82) is 0 Å². The zero-order valence-corrected chi connectivity index (χ0v) is 12.9. The first-order valence-corrected chi connectivity index (χ1v) is 7.88. The molecule has 1 aromatic carbocycles. The summed E-state index contributed by atoms with van der Waals surface area (Å²) in [5.74, 6) is 1.56. The summed E-state index contributed by atoms with van der Waals surface area (Å²) in [6.07, 6.45) is 2.34. The normalized spacial score (nSPS) is 16.0. The van der Waals surface area contributed by atoms with Gasteiger partial charge in [-0.1, -0.05) is 30.3 Å². The van der Waals surface area contributed by atoms with Crippen LogP contribution in [0.25, 0.3) is 11.3 Å². The lowest BCUT2D eigenvalue weighted by Gasteiger charge is -2.22. The van der Waals surface area contributed by atoms with Crippen molar-refractivity contribution >= 4 is 22.9 Å². The molecule has 1 atom stereocenters. The fraction of sp³-hybridized carbons (Fsp3) is 0.375. The summed E-state index contributed by atoms with van der Waals surface area (Å²) in [5.41, 5.74) is 2.07. The molecule has 0 saturated carbocycles. The summed E-state index contributed by atoms with van der Waals surface area (Å²) >= 11 is 0. The smallest absolute Gasteiger partial charge is 0.245 e. The first kappa shape index (κ1) is 13.9. The Bertz CT molecular complexity index is 797. The van der Waals surface area contributed by atoms with Gasteiger partial charge in [0.15, 0.2) is 11.6 Å². The van der Waals surface area contributed by atoms with Crippen molar-refractivity contribution in [3.63, 3.8) is 0 Å². The molecular weight excluding hydrogens is 292 g/mol. The Morgan fingerprint density at radius 3 is 2.48 bits per heavy atom. The van der Waals surface area contributed by atoms with E-state index in [0.717, 1.165) is 24.7 Å². The van der Waals surface area contributed by atoms with Crippen LogP contribution in [0.4, 0.5) is 11.6 Å². The van der Waals surface area contributed by atoms with Gasteiger partial charge in [-0.3, -0.25) is 0 Å². The minimum Gasteiger partial charge on any atom is -0.360 e. The van der Waals surface area contributed by atoms with Gasteiger partial charge in [0.05, 0.1) is 6.04 Å². The van der Waals surface area contributed by atoms with E-state index < -0.39 is 0 Å². The Balaban J connectivity index is 1.70. The van der Waals surface area contributed by atoms with Crippen molar-refractivity contribution in [1.82, 2.24) is 20.3 Å². The Morgan fingerprint density at radius 2 is 1.74 bits per heavy atom. The van der Waals surface area contributed by atoms with Crippen LogP contribution in [0, 0.1) is 0 Å². The zero-order valence-electron chi connectivity index (χ0n) is 12.9. The lowest BCUT2D eigenvalue weighted by Crippen LogP contribution is -2.22. The van der Waals surface area contributed by atoms with E-state index in [0.29, 0.717) is 11.3 Å². The Morgan fingerprint density at radius 1 is 1.04 bits per heavy atom. The van der Waals surface area contributed by atoms with Gasteiger partial charge in [-0.25, -0.2) is 14.6 Å². The molecule has 0 radical (unpaired) electrons. The molecule has 3 heterocycles. The topological polar surface area (TPSA) is 80.0 Å². The Kier molecular flexibility index (Phi) is 3.53. The van der Waals surface area contributed by atoms with Gasteiger partial charge in [0.25, 0.3) is 0 Å². The maximum absolute atomic E-state index is 4.76. The molecule has 1 aliphatic rings. The first-order chi connectivity index (χ1) is 11.3. The SMILES string of the molecule is CC(Nc1nc2nonc2nc1N1CCCC1)c1ccccc1. The third-order valence-electron chi connectivity index (χ3n) is 4.15. The average molecular weight is 310 g/mol. The number of nitrogens with zero attached hydrogens (tertiary/aromatic N) is 5. The summed E-state index contributed by atoms with van der Waals surface area (Å²) in [7, 11) is 0. The van der Waals surface area contributed by atoms with Gasteiger partial charge in [0.2, 0.25) is 11.3 Å². The van der Waals surface area contributed by atoms with Crippen molar-refractivity contribution in [3.05, 3.63) is 35.9 Å². The second-order valence-electron chi connectivity index (χ2n) is 5.78. The van der Waals surface area contributed by atoms with Crippen LogP contribution in [-0.2, 0) is 0 Å². The summed E-state index contributed by atoms with van der Waals surface area (Å²) in [4.78, 5) is 11.4. The van der Waals surface area contributed by atoms with Crippen molar-refractivity contribution in [2.75, 3.05) is 23.3 Å². The molecule has 23 heavy (non-hydrogen) atoms. The van der Waals surface area contributed by atoms with E-state index in [9.17, 15) is 0 Å². The summed E-state index contributed by atoms with van der Waals surface area (Å²) in [5, 5.41) is 11.1. The molecule has 118 valence electrons. The molecule has 3 aromatic rings. The number of rotatable bonds is 4. The Hall–Kier alpha value is -2.70. The van der Waals surface area contributed by atoms with Gasteiger partial charge >= 0.3 is 0 Å². The van der Waals surface area contributed by atoms with Crippen LogP contribution in [0.3, 0.4) is 0 Å². The molecular formula is C16H18N6O. The van der Waals surface area contributed by atoms with Gasteiger partial charge < -0.3 is 10.2 Å². The van der Waals surface area contributed by atoms with E-state index in [4.69, 9.17) is 4.63 Å². The maximum atomic E-state index is 4.76. The quantitative estimate of drug-likeness (QED) is 0.793. The van der Waals surface area contributed by atoms with E-state index in [1.165, 1.54) is 18.4 Å². The lowest BCUT2D eigenvalue weighted by atomic mass is 10.1. The molecule has 1 aliphatic heterocycles. The third-order valence-corrected chi connectivity index (χ3v) is 4.15. The van der Waals surface area contributed by atoms with Crippen LogP contribution in [-0.4, -0.2) is 33.4 Å². The van der Waals surface area contributed by atoms with Gasteiger partial charge in [0.1, 0.15) is 0 Å². The number of fused-ring (bicyclic) bond motifs is 1. The van der Waals surface area contributed by atoms with Crippen LogP contribution >= 0.6 is 0 Å². The van der Waals surface area contributed by atoms with Crippen LogP contribution in [0.15, 0.2) is 35.0 Å². The zero-order chi connectivity index (χ0) is 15.6. The van der Waals surface area contributed by atoms with Crippen molar-refractivity contribution in [3.8, 4) is 0 Å². The highest BCUT2D eigenvalue weighted by atomic mass is 16.6. The number of aromatic nitrogens is 4. The number of benzene rings is 1. The summed E-state index contributed by atoms with van der Waals surface area (Å²) in [6, 6.07) is 10.4. The average Bonchev–Trinajstić information content (AvgIpc) is 3.26. The molecule has 1 unspecified atom stereocenters. The molecule has 2 aromatic heterocycles. The van der Waals surface area contributed by atoms with Crippen LogP contribution in [0.2, 0.25) is 0 Å². The fourth-order valence-electron chi connectivity index (χ4n) is 2.91. The molecule has 0 amide bonds. The highest BCUT2D eigenvalue weighted by Gasteiger charge is 2.22. The molecule has 1 N–H and O–H groups in total. The van der Waals surface area contributed by atoms with E-state index in [1.54, 1.807) is 0 Å². The number of hydrogen-bond donors (Lipinski definition) is 1. The van der Waals surface area contributed by atoms with Crippen molar-refractivity contribution in [2.24, 2.45) is 0 Å². The predicted octanol–water partition coefficient (Wildman–Crippen LogP) is 2.79. The first-order valence-electron chi connectivity index (χ1n) is 7.88. The lowest BCUT2D eigenvalue weighted by molar-refractivity contribution is 0.314. The van der Waals surface area contributed by atoms with E-state index in [1.807, 2.05) is 18.2 Å². The largest absolute Gasteiger partial charge is 0.360 e. The highest BCUT2D eigenvalue weighted by Crippen LogP contribution is 2.29. The van der Waals surface area contributed by atoms with Gasteiger partial charge in [0, 0.05) is 13.1 Å². The number of nitrogens with one attached hydrogen (secondary N) is 1. The second-order valence-corrected chi connectivity index (χ2v) is 5.78. The third kappa shape index (κ3) is 2.69. The number of anilines is 2. The summed E-state index contributed by atoms with van der Waals surface area (Å²) in [6.45, 7) is 4.08. The van der Waals surface area contributed by atoms with E-state index in [-0.39, 0.29) is 6.04 Å². The van der Waals surface area contributed by atoms with Gasteiger partial charge in [-0.05, 0) is 35.6 Å². The molecule has 1 fully saturated rings. The van der Waals surface area contributed by atoms with E-state index in [2.05, 4.69) is 49.6 Å². The molecule has 1 saturated heterocycles. The molecule has 4 rings (SSSR count). The van der Waals surface area contributed by atoms with Crippen molar-refractivity contribution < 1.29 is 4.63 Å². The molecule has 0 aliphatic carbocycles. The highest BCUT2D eigenvalue weighted by molar-refractivity contribution is 5.74. The predicted molar refractivity (Wildman–Crippen MR) is 87.3 cm³/mol. The fourth-order valence-corrected chi connectivity index (χ4v) is 2.91. The minimum atomic E-state index is 0.115. The monoisotopic (exact) mass is 310 g/mol. The minimum absolute atomic E-state index is 0.115. The second kappa shape index (κ2) is 5.83. The van der Waals surface area contributed by atoms with Crippen LogP contribution in [0.1, 0.15) is 31.4 Å². The Labute approximate surface area is 133 Å². The standard InChI is InChI=1S/C16H18N6O/c1-11(12-7-3-2-4-8-12)17-15-16(22-9-5-6-10-22)19-14-13(18-15)20-23-21-14/h2-4,7-8,11H,5-6,9-10H2,1H3,(H,17,18,20). The maximum Gasteiger partial charge on any atom is 0.245 e. The van der Waals surface area contributed by atoms with Crippen LogP contribution < -0.4 is 10.2 Å². The summed E-state index contributed by atoms with van der Waals surface area (Å²) < 4.78 is 4.76. The molecule has 7 nitrogen and oxygen atoms in total. The molecule has 7 heteroatoms. The molecule has 0 bridgehead atoms. The van der Waals surface area contributed by atoms with Crippen molar-refractivity contribution in [2.45, 2.75) is 25.8 Å². The van der Waals surface area contributed by atoms with Crippen LogP contribution in [0.5, 0.6) is 0 Å². The molecule has 0 spiro atoms. The number of hydrogen-bond acceptors (Lipinski definition) is 7. The van der Waals surface area contributed by atoms with Gasteiger partial charge in [-0.2, -0.15) is 0 Å². The van der Waals surface area contributed by atoms with Gasteiger partial charge in [-0.15, -0.1) is 0 Å². The van der Waals surface area contributed by atoms with E-state index >= 15 is 0 Å².